The largest absolute Gasteiger partial charge is 0.469 e. The SMILES string of the molecule is CCCCSC=C1C(=O)[C@]2(C)C3=CC(=O)[C@@H]4[C@@H]5CC(C)(C)CC[C@]5(C(=O)OC)CC[C@@]4(C)[C@]3(C)CC[C@H]2[C@@](C)(CO)C1=O. The molecule has 0 unspecified atom stereocenters. The summed E-state index contributed by atoms with van der Waals surface area (Å²) in [6.07, 6.45) is 8.90. The van der Waals surface area contributed by atoms with E-state index in [-0.39, 0.29) is 52.7 Å². The molecule has 4 fully saturated rings. The van der Waals surface area contributed by atoms with Crippen molar-refractivity contribution in [2.45, 2.75) is 106 Å². The molecule has 5 aliphatic carbocycles. The van der Waals surface area contributed by atoms with Gasteiger partial charge in [-0.25, -0.2) is 0 Å². The van der Waals surface area contributed by atoms with Gasteiger partial charge < -0.3 is 9.84 Å². The Morgan fingerprint density at radius 3 is 2.33 bits per heavy atom. The van der Waals surface area contributed by atoms with Crippen molar-refractivity contribution < 1.29 is 29.0 Å². The highest BCUT2D eigenvalue weighted by Gasteiger charge is 2.73. The van der Waals surface area contributed by atoms with E-state index in [1.54, 1.807) is 11.5 Å². The quantitative estimate of drug-likeness (QED) is 0.151. The van der Waals surface area contributed by atoms with Crippen LogP contribution in [0.25, 0.3) is 0 Å². The molecular formula is C36H52O6S. The third-order valence-electron chi connectivity index (χ3n) is 13.5. The molecule has 6 nitrogen and oxygen atoms in total. The fourth-order valence-electron chi connectivity index (χ4n) is 10.7. The number of aliphatic hydroxyl groups is 1. The second kappa shape index (κ2) is 10.7. The summed E-state index contributed by atoms with van der Waals surface area (Å²) in [7, 11) is 1.46. The number of hydrogen-bond donors (Lipinski definition) is 1. The number of aliphatic hydroxyl groups excluding tert-OH is 1. The minimum Gasteiger partial charge on any atom is -0.469 e. The monoisotopic (exact) mass is 612 g/mol. The van der Waals surface area contributed by atoms with E-state index in [2.05, 4.69) is 34.6 Å². The minimum absolute atomic E-state index is 0.00535. The van der Waals surface area contributed by atoms with Gasteiger partial charge in [0, 0.05) is 5.92 Å². The fourth-order valence-corrected chi connectivity index (χ4v) is 11.6. The summed E-state index contributed by atoms with van der Waals surface area (Å²) in [5.74, 6) is -0.727. The Kier molecular flexibility index (Phi) is 8.11. The number of esters is 1. The molecule has 0 radical (unpaired) electrons. The predicted octanol–water partition coefficient (Wildman–Crippen LogP) is 6.89. The van der Waals surface area contributed by atoms with Gasteiger partial charge in [-0.3, -0.25) is 19.2 Å². The molecule has 238 valence electrons. The molecule has 43 heavy (non-hydrogen) atoms. The zero-order valence-electron chi connectivity index (χ0n) is 27.6. The van der Waals surface area contributed by atoms with Crippen LogP contribution in [-0.2, 0) is 23.9 Å². The topological polar surface area (TPSA) is 97.7 Å². The van der Waals surface area contributed by atoms with E-state index < -0.39 is 33.0 Å². The van der Waals surface area contributed by atoms with Crippen LogP contribution < -0.4 is 0 Å². The van der Waals surface area contributed by atoms with Crippen LogP contribution in [0.3, 0.4) is 0 Å². The number of methoxy groups -OCH3 is 1. The highest BCUT2D eigenvalue weighted by molar-refractivity contribution is 8.02. The van der Waals surface area contributed by atoms with Crippen LogP contribution in [0.2, 0.25) is 0 Å². The summed E-state index contributed by atoms with van der Waals surface area (Å²) in [6.45, 7) is 14.5. The van der Waals surface area contributed by atoms with Crippen molar-refractivity contribution in [2.75, 3.05) is 19.5 Å². The van der Waals surface area contributed by atoms with E-state index in [0.29, 0.717) is 19.3 Å². The standard InChI is InChI=1S/C36H52O6S/c1-9-10-17-43-20-22-28(39)32(4,21-37)25-11-12-33(5)26(35(25,7)29(22)40)18-24(38)27-23-19-31(2,3)13-15-36(23,30(41)42-8)16-14-34(27,33)6/h18,20,23,25,27,37H,9-17,19,21H2,1-8H3/t23-,25-,27-,32+,33+,34+,35-,36-/m0/s1. The number of ether oxygens (including phenoxy) is 1. The first-order valence-electron chi connectivity index (χ1n) is 16.4. The average Bonchev–Trinajstić information content (AvgIpc) is 2.96. The van der Waals surface area contributed by atoms with Crippen LogP contribution in [0.5, 0.6) is 0 Å². The lowest BCUT2D eigenvalue weighted by atomic mass is 9.33. The first-order valence-corrected chi connectivity index (χ1v) is 17.5. The van der Waals surface area contributed by atoms with Gasteiger partial charge in [0.25, 0.3) is 0 Å². The van der Waals surface area contributed by atoms with Gasteiger partial charge in [-0.15, -0.1) is 11.8 Å². The zero-order chi connectivity index (χ0) is 31.8. The summed E-state index contributed by atoms with van der Waals surface area (Å²) in [5, 5.41) is 12.5. The number of allylic oxidation sites excluding steroid dienone is 3. The first kappa shape index (κ1) is 32.7. The molecule has 0 aromatic rings. The Morgan fingerprint density at radius 2 is 1.70 bits per heavy atom. The predicted molar refractivity (Wildman–Crippen MR) is 169 cm³/mol. The molecule has 0 saturated heterocycles. The lowest BCUT2D eigenvalue weighted by Gasteiger charge is -2.69. The number of hydrogen-bond acceptors (Lipinski definition) is 7. The third-order valence-corrected chi connectivity index (χ3v) is 14.5. The maximum Gasteiger partial charge on any atom is 0.312 e. The minimum atomic E-state index is -1.11. The van der Waals surface area contributed by atoms with Crippen molar-refractivity contribution in [3.8, 4) is 0 Å². The van der Waals surface area contributed by atoms with Crippen LogP contribution in [0, 0.1) is 50.2 Å². The van der Waals surface area contributed by atoms with E-state index in [9.17, 15) is 24.3 Å². The molecule has 1 N–H and O–H groups in total. The highest BCUT2D eigenvalue weighted by atomic mass is 32.2. The summed E-state index contributed by atoms with van der Waals surface area (Å²) >= 11 is 1.49. The molecule has 0 aliphatic heterocycles. The van der Waals surface area contributed by atoms with Crippen LogP contribution >= 0.6 is 11.8 Å². The average molecular weight is 613 g/mol. The first-order chi connectivity index (χ1) is 20.0. The lowest BCUT2D eigenvalue weighted by Crippen LogP contribution is -2.68. The number of thioether (sulfide) groups is 1. The van der Waals surface area contributed by atoms with Crippen LogP contribution in [0.1, 0.15) is 106 Å². The Labute approximate surface area is 262 Å². The van der Waals surface area contributed by atoms with E-state index in [4.69, 9.17) is 4.74 Å². The van der Waals surface area contributed by atoms with Gasteiger partial charge in [-0.1, -0.05) is 41.0 Å². The van der Waals surface area contributed by atoms with E-state index >= 15 is 0 Å². The fraction of sp³-hybridized carbons (Fsp3) is 0.778. The summed E-state index contributed by atoms with van der Waals surface area (Å²) in [4.78, 5) is 56.6. The molecule has 0 spiro atoms. The maximum absolute atomic E-state index is 14.6. The van der Waals surface area contributed by atoms with Crippen molar-refractivity contribution in [1.29, 1.82) is 0 Å². The van der Waals surface area contributed by atoms with Gasteiger partial charge in [0.2, 0.25) is 0 Å². The molecule has 8 atom stereocenters. The van der Waals surface area contributed by atoms with Crippen molar-refractivity contribution in [3.63, 3.8) is 0 Å². The summed E-state index contributed by atoms with van der Waals surface area (Å²) < 4.78 is 5.43. The normalized spacial score (nSPS) is 44.6. The molecule has 5 rings (SSSR count). The third kappa shape index (κ3) is 4.29. The molecule has 0 aromatic heterocycles. The van der Waals surface area contributed by atoms with Crippen LogP contribution in [0.15, 0.2) is 22.6 Å². The van der Waals surface area contributed by atoms with Crippen molar-refractivity contribution >= 4 is 35.1 Å². The number of unbranched alkanes of at least 4 members (excludes halogenated alkanes) is 1. The summed E-state index contributed by atoms with van der Waals surface area (Å²) in [6, 6.07) is 0. The van der Waals surface area contributed by atoms with Crippen molar-refractivity contribution in [3.05, 3.63) is 22.6 Å². The van der Waals surface area contributed by atoms with Crippen molar-refractivity contribution in [2.24, 2.45) is 50.2 Å². The molecule has 4 saturated carbocycles. The van der Waals surface area contributed by atoms with Crippen LogP contribution in [-0.4, -0.2) is 47.9 Å². The molecule has 0 bridgehead atoms. The molecular weight excluding hydrogens is 560 g/mol. The Hall–Kier alpha value is -1.73. The van der Waals surface area contributed by atoms with Gasteiger partial charge in [0.05, 0.1) is 35.5 Å². The smallest absolute Gasteiger partial charge is 0.312 e. The van der Waals surface area contributed by atoms with E-state index in [0.717, 1.165) is 49.9 Å². The van der Waals surface area contributed by atoms with Gasteiger partial charge >= 0.3 is 5.97 Å². The van der Waals surface area contributed by atoms with Gasteiger partial charge in [-0.2, -0.15) is 0 Å². The molecule has 0 heterocycles. The Morgan fingerprint density at radius 1 is 1.02 bits per heavy atom. The number of carbonyl (C=O) groups is 4. The molecule has 7 heteroatoms. The van der Waals surface area contributed by atoms with Gasteiger partial charge in [-0.05, 0) is 116 Å². The van der Waals surface area contributed by atoms with Crippen LogP contribution in [0.4, 0.5) is 0 Å². The number of fused-ring (bicyclic) bond motifs is 7. The molecule has 0 aromatic carbocycles. The second-order valence-electron chi connectivity index (χ2n) is 16.1. The molecule has 0 amide bonds. The highest BCUT2D eigenvalue weighted by Crippen LogP contribution is 2.74. The number of carbonyl (C=O) groups excluding carboxylic acids is 4. The van der Waals surface area contributed by atoms with Gasteiger partial charge in [0.15, 0.2) is 17.3 Å². The Balaban J connectivity index is 1.67. The molecule has 5 aliphatic rings. The zero-order valence-corrected chi connectivity index (χ0v) is 28.4. The van der Waals surface area contributed by atoms with E-state index in [1.807, 2.05) is 13.8 Å². The maximum atomic E-state index is 14.6. The Bertz CT molecular complexity index is 1300. The second-order valence-corrected chi connectivity index (χ2v) is 17.1. The van der Waals surface area contributed by atoms with Crippen molar-refractivity contribution in [1.82, 2.24) is 0 Å². The number of rotatable bonds is 6. The van der Waals surface area contributed by atoms with Gasteiger partial charge in [0.1, 0.15) is 0 Å². The lowest BCUT2D eigenvalue weighted by molar-refractivity contribution is -0.192. The number of Topliss-reactive ketones (excluding diaryl/α,β-unsaturated/α-hetero) is 2. The summed E-state index contributed by atoms with van der Waals surface area (Å²) in [5.41, 5.74) is -2.78. The van der Waals surface area contributed by atoms with E-state index in [1.165, 1.54) is 18.9 Å². The number of ketones is 3.